The molecule has 1 aliphatic rings. The van der Waals surface area contributed by atoms with Gasteiger partial charge in [-0.05, 0) is 35.9 Å². The Labute approximate surface area is 174 Å². The Morgan fingerprint density at radius 3 is 2.38 bits per heavy atom. The van der Waals surface area contributed by atoms with E-state index in [9.17, 15) is 19.8 Å². The van der Waals surface area contributed by atoms with E-state index in [1.807, 2.05) is 0 Å². The van der Waals surface area contributed by atoms with Gasteiger partial charge in [0.25, 0.3) is 11.7 Å². The van der Waals surface area contributed by atoms with E-state index in [2.05, 4.69) is 20.9 Å². The van der Waals surface area contributed by atoms with Crippen molar-refractivity contribution in [2.24, 2.45) is 0 Å². The molecule has 2 heterocycles. The molecule has 2 aromatic carbocycles. The number of aromatic nitrogens is 1. The average molecular weight is 451 g/mol. The second kappa shape index (κ2) is 7.52. The number of aliphatic hydroxyl groups excluding tert-OH is 1. The molecule has 2 N–H and O–H groups in total. The van der Waals surface area contributed by atoms with Crippen molar-refractivity contribution in [1.29, 1.82) is 0 Å². The predicted molar refractivity (Wildman–Crippen MR) is 111 cm³/mol. The summed E-state index contributed by atoms with van der Waals surface area (Å²) in [6.07, 6.45) is 3.10. The number of benzene rings is 2. The molecule has 1 aliphatic heterocycles. The largest absolute Gasteiger partial charge is 0.507 e. The van der Waals surface area contributed by atoms with E-state index in [1.165, 1.54) is 17.2 Å². The molecular formula is C22H15BrN2O4. The number of halogens is 1. The van der Waals surface area contributed by atoms with Crippen LogP contribution in [0.15, 0.2) is 83.1 Å². The fourth-order valence-corrected chi connectivity index (χ4v) is 3.63. The van der Waals surface area contributed by atoms with Gasteiger partial charge < -0.3 is 10.2 Å². The molecule has 1 amide bonds. The summed E-state index contributed by atoms with van der Waals surface area (Å²) in [6, 6.07) is 15.5. The van der Waals surface area contributed by atoms with Gasteiger partial charge >= 0.3 is 0 Å². The third-order valence-corrected chi connectivity index (χ3v) is 5.23. The van der Waals surface area contributed by atoms with Gasteiger partial charge in [-0.3, -0.25) is 19.5 Å². The topological polar surface area (TPSA) is 90.7 Å². The van der Waals surface area contributed by atoms with Crippen molar-refractivity contribution in [2.45, 2.75) is 6.04 Å². The first kappa shape index (κ1) is 18.9. The molecule has 6 nitrogen and oxygen atoms in total. The van der Waals surface area contributed by atoms with Gasteiger partial charge in [0.05, 0.1) is 17.3 Å². The van der Waals surface area contributed by atoms with Crippen molar-refractivity contribution in [3.63, 3.8) is 0 Å². The maximum atomic E-state index is 12.9. The number of anilines is 1. The minimum absolute atomic E-state index is 0.0615. The van der Waals surface area contributed by atoms with Crippen LogP contribution in [0.2, 0.25) is 0 Å². The van der Waals surface area contributed by atoms with Gasteiger partial charge in [0.15, 0.2) is 0 Å². The molecule has 7 heteroatoms. The van der Waals surface area contributed by atoms with Crippen LogP contribution in [0.4, 0.5) is 5.69 Å². The standard InChI is InChI=1S/C22H15BrN2O4/c23-15-9-7-13(8-10-15)20(27)18-19(14-4-3-11-24-12-14)25(22(29)21(18)28)16-5-1-2-6-17(16)26/h1-12,19,26-27H/b20-18+. The Hall–Kier alpha value is -3.45. The third-order valence-electron chi connectivity index (χ3n) is 4.70. The summed E-state index contributed by atoms with van der Waals surface area (Å²) < 4.78 is 0.813. The number of rotatable bonds is 3. The molecule has 0 saturated carbocycles. The van der Waals surface area contributed by atoms with Gasteiger partial charge in [0, 0.05) is 22.4 Å². The number of hydrogen-bond acceptors (Lipinski definition) is 5. The molecule has 4 rings (SSSR count). The summed E-state index contributed by atoms with van der Waals surface area (Å²) in [5, 5.41) is 21.3. The van der Waals surface area contributed by atoms with Crippen molar-refractivity contribution < 1.29 is 19.8 Å². The first-order chi connectivity index (χ1) is 14.0. The van der Waals surface area contributed by atoms with Crippen LogP contribution >= 0.6 is 15.9 Å². The zero-order valence-corrected chi connectivity index (χ0v) is 16.6. The minimum Gasteiger partial charge on any atom is -0.507 e. The van der Waals surface area contributed by atoms with Gasteiger partial charge in [-0.15, -0.1) is 0 Å². The van der Waals surface area contributed by atoms with Crippen LogP contribution in [0, 0.1) is 0 Å². The second-order valence-electron chi connectivity index (χ2n) is 6.45. The van der Waals surface area contributed by atoms with Crippen LogP contribution < -0.4 is 4.90 Å². The van der Waals surface area contributed by atoms with Crippen LogP contribution in [0.5, 0.6) is 5.75 Å². The Kier molecular flexibility index (Phi) is 4.90. The summed E-state index contributed by atoms with van der Waals surface area (Å²) in [6.45, 7) is 0. The fraction of sp³-hybridized carbons (Fsp3) is 0.0455. The lowest BCUT2D eigenvalue weighted by Crippen LogP contribution is -2.29. The van der Waals surface area contributed by atoms with Gasteiger partial charge in [0.2, 0.25) is 0 Å². The summed E-state index contributed by atoms with van der Waals surface area (Å²) in [5.74, 6) is -2.10. The number of phenolic OH excluding ortho intramolecular Hbond substituents is 1. The molecule has 1 atom stereocenters. The van der Waals surface area contributed by atoms with E-state index in [0.29, 0.717) is 11.1 Å². The first-order valence-electron chi connectivity index (χ1n) is 8.74. The molecule has 0 radical (unpaired) electrons. The minimum atomic E-state index is -0.930. The molecule has 0 aliphatic carbocycles. The Morgan fingerprint density at radius 2 is 1.72 bits per heavy atom. The second-order valence-corrected chi connectivity index (χ2v) is 7.37. The number of nitrogens with zero attached hydrogens (tertiary/aromatic N) is 2. The number of amides is 1. The van der Waals surface area contributed by atoms with Gasteiger partial charge in [0.1, 0.15) is 11.5 Å². The fourth-order valence-electron chi connectivity index (χ4n) is 3.37. The number of para-hydroxylation sites is 2. The van der Waals surface area contributed by atoms with Crippen molar-refractivity contribution in [1.82, 2.24) is 4.98 Å². The van der Waals surface area contributed by atoms with Crippen molar-refractivity contribution in [3.8, 4) is 5.75 Å². The smallest absolute Gasteiger partial charge is 0.300 e. The highest BCUT2D eigenvalue weighted by atomic mass is 79.9. The molecular weight excluding hydrogens is 436 g/mol. The van der Waals surface area contributed by atoms with Crippen LogP contribution in [0.1, 0.15) is 17.2 Å². The SMILES string of the molecule is O=C1C(=O)N(c2ccccc2O)C(c2cccnc2)/C1=C(\O)c1ccc(Br)cc1. The van der Waals surface area contributed by atoms with Gasteiger partial charge in [-0.2, -0.15) is 0 Å². The zero-order valence-electron chi connectivity index (χ0n) is 15.0. The van der Waals surface area contributed by atoms with Crippen molar-refractivity contribution in [2.75, 3.05) is 4.90 Å². The number of ketones is 1. The number of Topliss-reactive ketones (excluding diaryl/α,β-unsaturated/α-hetero) is 1. The van der Waals surface area contributed by atoms with Crippen LogP contribution in [0.25, 0.3) is 5.76 Å². The number of hydrogen-bond donors (Lipinski definition) is 2. The Morgan fingerprint density at radius 1 is 1.00 bits per heavy atom. The van der Waals surface area contributed by atoms with Gasteiger partial charge in [-0.1, -0.05) is 46.3 Å². The molecule has 144 valence electrons. The monoisotopic (exact) mass is 450 g/mol. The average Bonchev–Trinajstić information content (AvgIpc) is 3.00. The highest BCUT2D eigenvalue weighted by Crippen LogP contribution is 2.44. The summed E-state index contributed by atoms with van der Waals surface area (Å²) in [7, 11) is 0. The molecule has 29 heavy (non-hydrogen) atoms. The van der Waals surface area contributed by atoms with E-state index >= 15 is 0 Å². The van der Waals surface area contributed by atoms with E-state index in [4.69, 9.17) is 0 Å². The Bertz CT molecular complexity index is 1130. The van der Waals surface area contributed by atoms with Crippen LogP contribution in [-0.2, 0) is 9.59 Å². The molecule has 1 unspecified atom stereocenters. The quantitative estimate of drug-likeness (QED) is 0.354. The molecule has 3 aromatic rings. The normalized spacial score (nSPS) is 18.2. The zero-order chi connectivity index (χ0) is 20.5. The van der Waals surface area contributed by atoms with Crippen LogP contribution in [0.3, 0.4) is 0 Å². The first-order valence-corrected chi connectivity index (χ1v) is 9.53. The highest BCUT2D eigenvalue weighted by Gasteiger charge is 2.47. The molecule has 1 fully saturated rings. The lowest BCUT2D eigenvalue weighted by Gasteiger charge is -2.25. The van der Waals surface area contributed by atoms with Crippen molar-refractivity contribution in [3.05, 3.63) is 94.2 Å². The van der Waals surface area contributed by atoms with E-state index in [0.717, 1.165) is 4.47 Å². The molecule has 1 saturated heterocycles. The molecule has 1 aromatic heterocycles. The van der Waals surface area contributed by atoms with Gasteiger partial charge in [-0.25, -0.2) is 0 Å². The maximum Gasteiger partial charge on any atom is 0.300 e. The summed E-state index contributed by atoms with van der Waals surface area (Å²) >= 11 is 3.33. The maximum absolute atomic E-state index is 12.9. The van der Waals surface area contributed by atoms with E-state index < -0.39 is 17.7 Å². The number of aromatic hydroxyl groups is 1. The van der Waals surface area contributed by atoms with Crippen LogP contribution in [-0.4, -0.2) is 26.9 Å². The summed E-state index contributed by atoms with van der Waals surface area (Å²) in [4.78, 5) is 31.2. The number of pyridine rings is 1. The third kappa shape index (κ3) is 3.30. The number of carbonyl (C=O) groups is 2. The number of carbonyl (C=O) groups excluding carboxylic acids is 2. The van der Waals surface area contributed by atoms with Crippen molar-refractivity contribution >= 4 is 39.1 Å². The molecule has 0 bridgehead atoms. The summed E-state index contributed by atoms with van der Waals surface area (Å²) in [5.41, 5.74) is 1.05. The lowest BCUT2D eigenvalue weighted by molar-refractivity contribution is -0.132. The lowest BCUT2D eigenvalue weighted by atomic mass is 9.96. The Balaban J connectivity index is 1.96. The molecule has 0 spiro atoms. The number of aliphatic hydroxyl groups is 1. The number of phenols is 1. The predicted octanol–water partition coefficient (Wildman–Crippen LogP) is 4.18. The van der Waals surface area contributed by atoms with E-state index in [1.54, 1.807) is 60.8 Å². The highest BCUT2D eigenvalue weighted by molar-refractivity contribution is 9.10. The van der Waals surface area contributed by atoms with E-state index in [-0.39, 0.29) is 22.8 Å².